The van der Waals surface area contributed by atoms with Crippen LogP contribution in [0.2, 0.25) is 0 Å². The summed E-state index contributed by atoms with van der Waals surface area (Å²) in [6.45, 7) is 6.67. The molecule has 0 aromatic carbocycles. The van der Waals surface area contributed by atoms with Gasteiger partial charge in [-0.25, -0.2) is 0 Å². The van der Waals surface area contributed by atoms with Crippen LogP contribution in [-0.4, -0.2) is 40.5 Å². The van der Waals surface area contributed by atoms with E-state index in [1.54, 1.807) is 19.3 Å². The van der Waals surface area contributed by atoms with E-state index in [1.165, 1.54) is 4.90 Å². The first-order chi connectivity index (χ1) is 9.21. The molecular formula is C15H22N2O3. The van der Waals surface area contributed by atoms with E-state index < -0.39 is 5.97 Å². The number of rotatable bonds is 5. The van der Waals surface area contributed by atoms with Crippen molar-refractivity contribution in [3.63, 3.8) is 0 Å². The first-order valence-electron chi connectivity index (χ1n) is 6.65. The molecule has 20 heavy (non-hydrogen) atoms. The summed E-state index contributed by atoms with van der Waals surface area (Å²) in [6.07, 6.45) is 2.23. The summed E-state index contributed by atoms with van der Waals surface area (Å²) in [5, 5.41) is 8.57. The first kappa shape index (κ1) is 16.1. The number of pyridine rings is 1. The van der Waals surface area contributed by atoms with Gasteiger partial charge in [0, 0.05) is 26.2 Å². The largest absolute Gasteiger partial charge is 0.481 e. The molecule has 0 aliphatic heterocycles. The van der Waals surface area contributed by atoms with Crippen molar-refractivity contribution in [1.29, 1.82) is 0 Å². The highest BCUT2D eigenvalue weighted by Gasteiger charge is 2.17. The number of hydrogen-bond acceptors (Lipinski definition) is 3. The molecule has 5 heteroatoms. The highest BCUT2D eigenvalue weighted by molar-refractivity contribution is 5.92. The van der Waals surface area contributed by atoms with Crippen LogP contribution >= 0.6 is 0 Å². The Bertz CT molecular complexity index is 475. The van der Waals surface area contributed by atoms with E-state index in [4.69, 9.17) is 5.11 Å². The Morgan fingerprint density at radius 3 is 2.40 bits per heavy atom. The number of hydrogen-bond donors (Lipinski definition) is 1. The summed E-state index contributed by atoms with van der Waals surface area (Å²) >= 11 is 0. The van der Waals surface area contributed by atoms with E-state index in [1.807, 2.05) is 6.07 Å². The fourth-order valence-electron chi connectivity index (χ4n) is 1.73. The molecule has 0 saturated heterocycles. The second-order valence-electron chi connectivity index (χ2n) is 5.91. The van der Waals surface area contributed by atoms with E-state index in [2.05, 4.69) is 25.8 Å². The molecule has 1 heterocycles. The van der Waals surface area contributed by atoms with Crippen LogP contribution in [-0.2, 0) is 10.2 Å². The van der Waals surface area contributed by atoms with Crippen LogP contribution in [0.15, 0.2) is 18.3 Å². The van der Waals surface area contributed by atoms with Gasteiger partial charge in [0.15, 0.2) is 0 Å². The maximum Gasteiger partial charge on any atom is 0.303 e. The number of carboxylic acid groups (broad SMARTS) is 1. The fraction of sp³-hybridized carbons (Fsp3) is 0.533. The lowest BCUT2D eigenvalue weighted by Crippen LogP contribution is -2.29. The summed E-state index contributed by atoms with van der Waals surface area (Å²) in [7, 11) is 1.66. The van der Waals surface area contributed by atoms with Crippen molar-refractivity contribution in [2.45, 2.75) is 39.0 Å². The van der Waals surface area contributed by atoms with Gasteiger partial charge in [-0.05, 0) is 23.5 Å². The Hall–Kier alpha value is -1.91. The van der Waals surface area contributed by atoms with Crippen molar-refractivity contribution in [1.82, 2.24) is 9.88 Å². The van der Waals surface area contributed by atoms with Crippen molar-refractivity contribution in [2.24, 2.45) is 0 Å². The zero-order chi connectivity index (χ0) is 15.3. The standard InChI is InChI=1S/C15H22N2O3/c1-15(2,3)11-7-8-12(16-10-11)14(20)17(4)9-5-6-13(18)19/h7-8,10H,5-6,9H2,1-4H3,(H,18,19). The summed E-state index contributed by atoms with van der Waals surface area (Å²) in [5.41, 5.74) is 1.46. The van der Waals surface area contributed by atoms with Crippen molar-refractivity contribution in [3.8, 4) is 0 Å². The van der Waals surface area contributed by atoms with Gasteiger partial charge >= 0.3 is 5.97 Å². The Balaban J connectivity index is 2.65. The zero-order valence-corrected chi connectivity index (χ0v) is 12.5. The maximum atomic E-state index is 12.1. The SMILES string of the molecule is CN(CCCC(=O)O)C(=O)c1ccc(C(C)(C)C)cn1. The predicted octanol–water partition coefficient (Wildman–Crippen LogP) is 2.32. The maximum absolute atomic E-state index is 12.1. The molecule has 1 amide bonds. The lowest BCUT2D eigenvalue weighted by molar-refractivity contribution is -0.137. The molecule has 0 aliphatic carbocycles. The topological polar surface area (TPSA) is 70.5 Å². The molecule has 0 saturated carbocycles. The molecule has 0 bridgehead atoms. The van der Waals surface area contributed by atoms with E-state index in [9.17, 15) is 9.59 Å². The van der Waals surface area contributed by atoms with Gasteiger partial charge in [-0.1, -0.05) is 26.8 Å². The average Bonchev–Trinajstić information content (AvgIpc) is 2.36. The summed E-state index contributed by atoms with van der Waals surface area (Å²) in [4.78, 5) is 28.2. The molecule has 1 aromatic heterocycles. The molecule has 5 nitrogen and oxygen atoms in total. The van der Waals surface area contributed by atoms with Crippen LogP contribution in [0.1, 0.15) is 49.7 Å². The van der Waals surface area contributed by atoms with Gasteiger partial charge in [-0.3, -0.25) is 14.6 Å². The van der Waals surface area contributed by atoms with E-state index in [0.29, 0.717) is 18.7 Å². The minimum Gasteiger partial charge on any atom is -0.481 e. The van der Waals surface area contributed by atoms with Crippen LogP contribution in [0.5, 0.6) is 0 Å². The Morgan fingerprint density at radius 2 is 1.95 bits per heavy atom. The minimum absolute atomic E-state index is 0.00195. The van der Waals surface area contributed by atoms with Gasteiger partial charge in [0.1, 0.15) is 5.69 Å². The van der Waals surface area contributed by atoms with Crippen molar-refractivity contribution >= 4 is 11.9 Å². The number of aliphatic carboxylic acids is 1. The first-order valence-corrected chi connectivity index (χ1v) is 6.65. The summed E-state index contributed by atoms with van der Waals surface area (Å²) in [5.74, 6) is -1.03. The van der Waals surface area contributed by atoms with Crippen LogP contribution in [0.3, 0.4) is 0 Å². The number of aromatic nitrogens is 1. The molecule has 0 unspecified atom stereocenters. The zero-order valence-electron chi connectivity index (χ0n) is 12.5. The Morgan fingerprint density at radius 1 is 1.30 bits per heavy atom. The molecule has 0 radical (unpaired) electrons. The molecule has 0 aliphatic rings. The number of amides is 1. The lowest BCUT2D eigenvalue weighted by atomic mass is 9.88. The second-order valence-corrected chi connectivity index (χ2v) is 5.91. The van der Waals surface area contributed by atoms with Crippen molar-refractivity contribution < 1.29 is 14.7 Å². The van der Waals surface area contributed by atoms with Gasteiger partial charge in [0.2, 0.25) is 0 Å². The highest BCUT2D eigenvalue weighted by Crippen LogP contribution is 2.21. The normalized spacial score (nSPS) is 11.2. The molecule has 110 valence electrons. The van der Waals surface area contributed by atoms with E-state index >= 15 is 0 Å². The van der Waals surface area contributed by atoms with Crippen molar-refractivity contribution in [3.05, 3.63) is 29.6 Å². The lowest BCUT2D eigenvalue weighted by Gasteiger charge is -2.19. The Kier molecular flexibility index (Phi) is 5.25. The minimum atomic E-state index is -0.849. The highest BCUT2D eigenvalue weighted by atomic mass is 16.4. The number of carbonyl (C=O) groups excluding carboxylic acids is 1. The molecule has 0 fully saturated rings. The number of nitrogens with zero attached hydrogens (tertiary/aromatic N) is 2. The smallest absolute Gasteiger partial charge is 0.303 e. The summed E-state index contributed by atoms with van der Waals surface area (Å²) < 4.78 is 0. The second kappa shape index (κ2) is 6.50. The van der Waals surface area contributed by atoms with Crippen LogP contribution in [0, 0.1) is 0 Å². The van der Waals surface area contributed by atoms with Gasteiger partial charge in [-0.2, -0.15) is 0 Å². The Labute approximate surface area is 119 Å². The number of carbonyl (C=O) groups is 2. The molecule has 0 atom stereocenters. The molecule has 1 N–H and O–H groups in total. The van der Waals surface area contributed by atoms with Gasteiger partial charge in [0.05, 0.1) is 0 Å². The third-order valence-electron chi connectivity index (χ3n) is 3.08. The fourth-order valence-corrected chi connectivity index (χ4v) is 1.73. The number of carboxylic acids is 1. The van der Waals surface area contributed by atoms with Crippen LogP contribution in [0.25, 0.3) is 0 Å². The van der Waals surface area contributed by atoms with Crippen molar-refractivity contribution in [2.75, 3.05) is 13.6 Å². The van der Waals surface area contributed by atoms with Crippen LogP contribution < -0.4 is 0 Å². The third kappa shape index (κ3) is 4.64. The van der Waals surface area contributed by atoms with Gasteiger partial charge < -0.3 is 10.0 Å². The quantitative estimate of drug-likeness (QED) is 0.897. The van der Waals surface area contributed by atoms with Crippen LogP contribution in [0.4, 0.5) is 0 Å². The molecular weight excluding hydrogens is 256 g/mol. The van der Waals surface area contributed by atoms with Gasteiger partial charge in [0.25, 0.3) is 5.91 Å². The third-order valence-corrected chi connectivity index (χ3v) is 3.08. The van der Waals surface area contributed by atoms with Gasteiger partial charge in [-0.15, -0.1) is 0 Å². The molecule has 0 spiro atoms. The summed E-state index contributed by atoms with van der Waals surface area (Å²) in [6, 6.07) is 3.63. The monoisotopic (exact) mass is 278 g/mol. The predicted molar refractivity (Wildman–Crippen MR) is 76.8 cm³/mol. The molecule has 1 rings (SSSR count). The van der Waals surface area contributed by atoms with E-state index in [-0.39, 0.29) is 17.7 Å². The average molecular weight is 278 g/mol. The van der Waals surface area contributed by atoms with E-state index in [0.717, 1.165) is 5.56 Å². The molecule has 1 aromatic rings.